The molecule has 3 N–H and O–H groups in total. The van der Waals surface area contributed by atoms with Crippen LogP contribution in [-0.2, 0) is 16.4 Å². The number of nitrogens with one attached hydrogen (secondary N) is 1. The van der Waals surface area contributed by atoms with Gasteiger partial charge in [-0.2, -0.15) is 0 Å². The van der Waals surface area contributed by atoms with Crippen molar-refractivity contribution in [2.24, 2.45) is 5.73 Å². The molecule has 2 aromatic carbocycles. The number of nitrogens with zero attached hydrogens (tertiary/aromatic N) is 2. The quantitative estimate of drug-likeness (QED) is 0.627. The zero-order valence-electron chi connectivity index (χ0n) is 18.4. The second kappa shape index (κ2) is 8.37. The largest absolute Gasteiger partial charge is 0.380 e. The fraction of sp³-hybridized carbons (Fsp3) is 0.400. The molecule has 7 heteroatoms. The van der Waals surface area contributed by atoms with Crippen LogP contribution in [0.2, 0.25) is 0 Å². The van der Waals surface area contributed by atoms with E-state index < -0.39 is 9.84 Å². The lowest BCUT2D eigenvalue weighted by Gasteiger charge is -2.31. The molecule has 168 valence electrons. The van der Waals surface area contributed by atoms with Gasteiger partial charge in [-0.05, 0) is 43.5 Å². The molecule has 0 unspecified atom stereocenters. The van der Waals surface area contributed by atoms with E-state index in [1.165, 1.54) is 18.4 Å². The molecular weight excluding hydrogens is 420 g/mol. The van der Waals surface area contributed by atoms with Crippen molar-refractivity contribution in [1.82, 2.24) is 4.98 Å². The highest BCUT2D eigenvalue weighted by Crippen LogP contribution is 2.33. The van der Waals surface area contributed by atoms with E-state index in [0.29, 0.717) is 18.0 Å². The maximum absolute atomic E-state index is 12.8. The van der Waals surface area contributed by atoms with E-state index >= 15 is 0 Å². The molecule has 2 atom stereocenters. The number of fused-ring (bicyclic) bond motifs is 2. The molecular formula is C25H30N4O2S. The molecule has 1 saturated carbocycles. The molecule has 1 aliphatic heterocycles. The Hall–Kier alpha value is -2.64. The lowest BCUT2D eigenvalue weighted by atomic mass is 9.90. The van der Waals surface area contributed by atoms with Crippen LogP contribution in [0.3, 0.4) is 0 Å². The highest BCUT2D eigenvalue weighted by molar-refractivity contribution is 7.91. The molecule has 6 nitrogen and oxygen atoms in total. The highest BCUT2D eigenvalue weighted by atomic mass is 32.2. The zero-order chi connectivity index (χ0) is 22.3. The minimum atomic E-state index is -3.31. The summed E-state index contributed by atoms with van der Waals surface area (Å²) in [5, 5.41) is 4.80. The van der Waals surface area contributed by atoms with E-state index in [-0.39, 0.29) is 17.8 Å². The molecule has 1 aliphatic carbocycles. The number of rotatable bonds is 3. The summed E-state index contributed by atoms with van der Waals surface area (Å²) < 4.78 is 25.6. The van der Waals surface area contributed by atoms with Gasteiger partial charge < -0.3 is 16.0 Å². The average Bonchev–Trinajstić information content (AvgIpc) is 2.91. The maximum Gasteiger partial charge on any atom is 0.180 e. The second-order valence-electron chi connectivity index (χ2n) is 9.10. The van der Waals surface area contributed by atoms with E-state index in [1.54, 1.807) is 12.1 Å². The molecule has 5 rings (SSSR count). The summed E-state index contributed by atoms with van der Waals surface area (Å²) in [5.41, 5.74) is 10.4. The topological polar surface area (TPSA) is 88.3 Å². The van der Waals surface area contributed by atoms with Gasteiger partial charge in [0.1, 0.15) is 5.82 Å². The van der Waals surface area contributed by atoms with Gasteiger partial charge >= 0.3 is 0 Å². The maximum atomic E-state index is 12.8. The molecule has 0 amide bonds. The molecule has 3 aromatic rings. The Kier molecular flexibility index (Phi) is 5.55. The predicted molar refractivity (Wildman–Crippen MR) is 130 cm³/mol. The van der Waals surface area contributed by atoms with Crippen molar-refractivity contribution in [3.05, 3.63) is 59.7 Å². The Morgan fingerprint density at radius 1 is 1.09 bits per heavy atom. The van der Waals surface area contributed by atoms with Gasteiger partial charge in [0.25, 0.3) is 0 Å². The lowest BCUT2D eigenvalue weighted by Crippen LogP contribution is -2.42. The number of aryl methyl sites for hydroxylation is 1. The van der Waals surface area contributed by atoms with Gasteiger partial charge in [-0.15, -0.1) is 0 Å². The number of nitrogens with two attached hydrogens (primary N) is 1. The third-order valence-corrected chi connectivity index (χ3v) is 8.52. The Labute approximate surface area is 189 Å². The molecule has 2 heterocycles. The Bertz CT molecular complexity index is 1260. The molecule has 0 radical (unpaired) electrons. The van der Waals surface area contributed by atoms with Crippen LogP contribution in [0, 0.1) is 6.92 Å². The lowest BCUT2D eigenvalue weighted by molar-refractivity contribution is 0.404. The molecule has 2 aliphatic rings. The van der Waals surface area contributed by atoms with Crippen LogP contribution in [0.25, 0.3) is 10.9 Å². The summed E-state index contributed by atoms with van der Waals surface area (Å²) in [7, 11) is -3.31. The number of aromatic nitrogens is 1. The standard InChI is InChI=1S/C25H30N4O2S/c1-17-10-11-21-19(14-17)23(27-22-8-4-3-7-20(22)26)15-25(28-21)29-12-13-32(30,31)24-9-5-2-6-18(24)16-29/h2,5-6,9-11,14-15,20,22H,3-4,7-8,12-13,16,26H2,1H3,(H,27,28)/t20-,22-/m0/s1. The normalized spacial score (nSPS) is 22.9. The first-order valence-electron chi connectivity index (χ1n) is 11.4. The fourth-order valence-electron chi connectivity index (χ4n) is 4.90. The number of pyridine rings is 1. The van der Waals surface area contributed by atoms with Gasteiger partial charge in [0.15, 0.2) is 9.84 Å². The van der Waals surface area contributed by atoms with Crippen molar-refractivity contribution in [2.45, 2.75) is 56.1 Å². The van der Waals surface area contributed by atoms with Gasteiger partial charge in [0, 0.05) is 42.3 Å². The Balaban J connectivity index is 1.57. The van der Waals surface area contributed by atoms with Gasteiger partial charge in [-0.3, -0.25) is 0 Å². The first kappa shape index (κ1) is 21.2. The number of anilines is 2. The minimum absolute atomic E-state index is 0.0773. The van der Waals surface area contributed by atoms with Crippen LogP contribution in [0.5, 0.6) is 0 Å². The molecule has 0 bridgehead atoms. The van der Waals surface area contributed by atoms with Crippen molar-refractivity contribution >= 4 is 32.2 Å². The van der Waals surface area contributed by atoms with E-state index in [0.717, 1.165) is 40.8 Å². The van der Waals surface area contributed by atoms with Crippen molar-refractivity contribution in [2.75, 3.05) is 22.5 Å². The molecule has 1 aromatic heterocycles. The van der Waals surface area contributed by atoms with E-state index in [2.05, 4.69) is 35.3 Å². The van der Waals surface area contributed by atoms with Crippen LogP contribution >= 0.6 is 0 Å². The van der Waals surface area contributed by atoms with Gasteiger partial charge in [-0.25, -0.2) is 13.4 Å². The third kappa shape index (κ3) is 4.07. The molecule has 1 fully saturated rings. The van der Waals surface area contributed by atoms with Gasteiger partial charge in [0.05, 0.1) is 16.2 Å². The van der Waals surface area contributed by atoms with Gasteiger partial charge in [-0.1, -0.05) is 42.7 Å². The van der Waals surface area contributed by atoms with Crippen LogP contribution in [0.1, 0.15) is 36.8 Å². The average molecular weight is 451 g/mol. The molecule has 0 spiro atoms. The summed E-state index contributed by atoms with van der Waals surface area (Å²) in [5.74, 6) is 0.869. The van der Waals surface area contributed by atoms with E-state index in [1.807, 2.05) is 18.2 Å². The minimum Gasteiger partial charge on any atom is -0.380 e. The number of hydrogen-bond donors (Lipinski definition) is 2. The molecule has 32 heavy (non-hydrogen) atoms. The second-order valence-corrected chi connectivity index (χ2v) is 11.2. The fourth-order valence-corrected chi connectivity index (χ4v) is 6.40. The summed E-state index contributed by atoms with van der Waals surface area (Å²) in [6.45, 7) is 3.01. The van der Waals surface area contributed by atoms with Crippen molar-refractivity contribution in [3.8, 4) is 0 Å². The van der Waals surface area contributed by atoms with Crippen LogP contribution in [0.4, 0.5) is 11.5 Å². The first-order chi connectivity index (χ1) is 15.4. The van der Waals surface area contributed by atoms with Gasteiger partial charge in [0.2, 0.25) is 0 Å². The van der Waals surface area contributed by atoms with Crippen LogP contribution in [-0.4, -0.2) is 37.8 Å². The van der Waals surface area contributed by atoms with E-state index in [4.69, 9.17) is 10.7 Å². The SMILES string of the molecule is Cc1ccc2nc(N3CCS(=O)(=O)c4ccccc4C3)cc(N[C@H]3CCCC[C@@H]3N)c2c1. The predicted octanol–water partition coefficient (Wildman–Crippen LogP) is 4.02. The smallest absolute Gasteiger partial charge is 0.180 e. The summed E-state index contributed by atoms with van der Waals surface area (Å²) in [6.07, 6.45) is 4.46. The number of benzene rings is 2. The van der Waals surface area contributed by atoms with Crippen LogP contribution < -0.4 is 16.0 Å². The highest BCUT2D eigenvalue weighted by Gasteiger charge is 2.27. The van der Waals surface area contributed by atoms with E-state index in [9.17, 15) is 8.42 Å². The van der Waals surface area contributed by atoms with Crippen molar-refractivity contribution in [3.63, 3.8) is 0 Å². The Morgan fingerprint density at radius 2 is 1.91 bits per heavy atom. The first-order valence-corrected chi connectivity index (χ1v) is 13.0. The number of sulfone groups is 1. The summed E-state index contributed by atoms with van der Waals surface area (Å²) >= 11 is 0. The third-order valence-electron chi connectivity index (χ3n) is 6.73. The van der Waals surface area contributed by atoms with Crippen LogP contribution in [0.15, 0.2) is 53.4 Å². The summed E-state index contributed by atoms with van der Waals surface area (Å²) in [6, 6.07) is 16.0. The van der Waals surface area contributed by atoms with Crippen molar-refractivity contribution in [1.29, 1.82) is 0 Å². The molecule has 0 saturated heterocycles. The van der Waals surface area contributed by atoms with Crippen molar-refractivity contribution < 1.29 is 8.42 Å². The number of hydrogen-bond acceptors (Lipinski definition) is 6. The summed E-state index contributed by atoms with van der Waals surface area (Å²) in [4.78, 5) is 7.45. The monoisotopic (exact) mass is 450 g/mol. The Morgan fingerprint density at radius 3 is 2.75 bits per heavy atom. The zero-order valence-corrected chi connectivity index (χ0v) is 19.2.